The Hall–Kier alpha value is -2.06. The summed E-state index contributed by atoms with van der Waals surface area (Å²) >= 11 is 0. The van der Waals surface area contributed by atoms with Crippen molar-refractivity contribution in [2.75, 3.05) is 27.5 Å². The van der Waals surface area contributed by atoms with Crippen LogP contribution in [0.5, 0.6) is 0 Å². The first kappa shape index (κ1) is 19.3. The summed E-state index contributed by atoms with van der Waals surface area (Å²) in [6, 6.07) is 10.9. The summed E-state index contributed by atoms with van der Waals surface area (Å²) in [6.45, 7) is 4.36. The van der Waals surface area contributed by atoms with E-state index in [-0.39, 0.29) is 10.6 Å². The quantitative estimate of drug-likeness (QED) is 0.765. The van der Waals surface area contributed by atoms with Crippen LogP contribution in [0.1, 0.15) is 29.5 Å². The molecule has 0 atom stereocenters. The van der Waals surface area contributed by atoms with Gasteiger partial charge in [0.25, 0.3) is 10.0 Å². The van der Waals surface area contributed by atoms with Crippen molar-refractivity contribution in [2.24, 2.45) is 0 Å². The number of hydrogen-bond donors (Lipinski definition) is 0. The zero-order chi connectivity index (χ0) is 20.1. The number of aryl methyl sites for hydroxylation is 2. The van der Waals surface area contributed by atoms with Gasteiger partial charge in [-0.15, -0.1) is 0 Å². The van der Waals surface area contributed by atoms with Crippen LogP contribution in [-0.2, 0) is 26.5 Å². The lowest BCUT2D eigenvalue weighted by molar-refractivity contribution is 0.574. The van der Waals surface area contributed by atoms with E-state index >= 15 is 0 Å². The van der Waals surface area contributed by atoms with Gasteiger partial charge in [0.15, 0.2) is 0 Å². The van der Waals surface area contributed by atoms with Crippen molar-refractivity contribution >= 4 is 31.4 Å². The molecule has 0 N–H and O–H groups in total. The Morgan fingerprint density at radius 1 is 0.929 bits per heavy atom. The van der Waals surface area contributed by atoms with Crippen LogP contribution >= 0.6 is 0 Å². The monoisotopic (exact) mass is 420 g/mol. The van der Waals surface area contributed by atoms with Crippen molar-refractivity contribution in [3.63, 3.8) is 0 Å². The lowest BCUT2D eigenvalue weighted by Crippen LogP contribution is -2.38. The largest absolute Gasteiger partial charge is 0.270 e. The molecule has 28 heavy (non-hydrogen) atoms. The standard InChI is InChI=1S/C20H24N2O4S2/c1-15-14-20(16(2)13-19(15)21-10-5-6-12-27(21,23)24)28(25,26)22-11-9-17-7-3-4-8-18(17)22/h3-4,7-8,13-14H,5-6,9-12H2,1-2H3. The molecule has 2 heterocycles. The smallest absolute Gasteiger partial charge is 0.264 e. The first-order valence-corrected chi connectivity index (χ1v) is 12.5. The van der Waals surface area contributed by atoms with Crippen LogP contribution in [0.3, 0.4) is 0 Å². The third kappa shape index (κ3) is 3.08. The van der Waals surface area contributed by atoms with Crippen molar-refractivity contribution < 1.29 is 16.8 Å². The third-order valence-electron chi connectivity index (χ3n) is 5.52. The maximum Gasteiger partial charge on any atom is 0.264 e. The number of rotatable bonds is 3. The Bertz CT molecular complexity index is 1140. The maximum atomic E-state index is 13.4. The Morgan fingerprint density at radius 3 is 2.43 bits per heavy atom. The molecule has 4 rings (SSSR count). The molecule has 0 unspecified atom stereocenters. The zero-order valence-electron chi connectivity index (χ0n) is 16.1. The Labute approximate surface area is 166 Å². The van der Waals surface area contributed by atoms with Crippen LogP contribution in [-0.4, -0.2) is 35.7 Å². The lowest BCUT2D eigenvalue weighted by Gasteiger charge is -2.30. The summed E-state index contributed by atoms with van der Waals surface area (Å²) in [7, 11) is -7.06. The molecule has 0 spiro atoms. The van der Waals surface area contributed by atoms with E-state index in [1.165, 1.54) is 8.61 Å². The van der Waals surface area contributed by atoms with Crippen molar-refractivity contribution in [2.45, 2.75) is 38.0 Å². The summed E-state index contributed by atoms with van der Waals surface area (Å²) in [5.41, 5.74) is 3.55. The summed E-state index contributed by atoms with van der Waals surface area (Å²) in [5.74, 6) is 0.135. The van der Waals surface area contributed by atoms with E-state index in [2.05, 4.69) is 0 Å². The van der Waals surface area contributed by atoms with Gasteiger partial charge in [-0.05, 0) is 68.0 Å². The van der Waals surface area contributed by atoms with Gasteiger partial charge in [-0.3, -0.25) is 8.61 Å². The van der Waals surface area contributed by atoms with Crippen LogP contribution in [0.25, 0.3) is 0 Å². The second kappa shape index (κ2) is 6.77. The van der Waals surface area contributed by atoms with Crippen LogP contribution in [0.4, 0.5) is 11.4 Å². The molecule has 0 bridgehead atoms. The number of anilines is 2. The van der Waals surface area contributed by atoms with E-state index < -0.39 is 20.0 Å². The van der Waals surface area contributed by atoms with Gasteiger partial charge in [-0.1, -0.05) is 18.2 Å². The van der Waals surface area contributed by atoms with Crippen molar-refractivity contribution in [3.8, 4) is 0 Å². The fourth-order valence-electron chi connectivity index (χ4n) is 4.06. The van der Waals surface area contributed by atoms with Crippen LogP contribution in [0, 0.1) is 13.8 Å². The minimum absolute atomic E-state index is 0.135. The maximum absolute atomic E-state index is 13.4. The van der Waals surface area contributed by atoms with Gasteiger partial charge < -0.3 is 0 Å². The van der Waals surface area contributed by atoms with E-state index in [0.717, 1.165) is 17.7 Å². The number of fused-ring (bicyclic) bond motifs is 1. The normalized spacial score (nSPS) is 18.9. The lowest BCUT2D eigenvalue weighted by atomic mass is 10.1. The highest BCUT2D eigenvalue weighted by Gasteiger charge is 2.33. The number of benzene rings is 2. The second-order valence-electron chi connectivity index (χ2n) is 7.46. The predicted molar refractivity (Wildman–Crippen MR) is 111 cm³/mol. The Kier molecular flexibility index (Phi) is 4.66. The molecule has 0 radical (unpaired) electrons. The third-order valence-corrected chi connectivity index (χ3v) is 9.33. The average Bonchev–Trinajstić information content (AvgIpc) is 3.08. The predicted octanol–water partition coefficient (Wildman–Crippen LogP) is 2.98. The highest BCUT2D eigenvalue weighted by Crippen LogP contribution is 2.36. The molecule has 2 aliphatic heterocycles. The van der Waals surface area contributed by atoms with E-state index in [1.807, 2.05) is 24.3 Å². The second-order valence-corrected chi connectivity index (χ2v) is 11.3. The summed E-state index contributed by atoms with van der Waals surface area (Å²) in [4.78, 5) is 0.236. The SMILES string of the molecule is Cc1cc(S(=O)(=O)N2CCc3ccccc32)c(C)cc1N1CCCCS1(=O)=O. The van der Waals surface area contributed by atoms with Gasteiger partial charge in [-0.2, -0.15) is 0 Å². The molecule has 2 aromatic carbocycles. The summed E-state index contributed by atoms with van der Waals surface area (Å²) < 4.78 is 54.6. The molecule has 0 amide bonds. The molecule has 0 aromatic heterocycles. The van der Waals surface area contributed by atoms with Gasteiger partial charge in [0.05, 0.1) is 22.0 Å². The summed E-state index contributed by atoms with van der Waals surface area (Å²) in [6.07, 6.45) is 2.16. The highest BCUT2D eigenvalue weighted by atomic mass is 32.2. The van der Waals surface area contributed by atoms with E-state index in [0.29, 0.717) is 42.7 Å². The number of hydrogen-bond acceptors (Lipinski definition) is 4. The van der Waals surface area contributed by atoms with Gasteiger partial charge in [0.2, 0.25) is 10.0 Å². The minimum Gasteiger partial charge on any atom is -0.270 e. The van der Waals surface area contributed by atoms with Gasteiger partial charge in [0, 0.05) is 13.1 Å². The molecule has 150 valence electrons. The fraction of sp³-hybridized carbons (Fsp3) is 0.400. The van der Waals surface area contributed by atoms with E-state index in [4.69, 9.17) is 0 Å². The van der Waals surface area contributed by atoms with Crippen molar-refractivity contribution in [1.29, 1.82) is 0 Å². The topological polar surface area (TPSA) is 74.8 Å². The van der Waals surface area contributed by atoms with Crippen molar-refractivity contribution in [1.82, 2.24) is 0 Å². The molecular formula is C20H24N2O4S2. The van der Waals surface area contributed by atoms with Gasteiger partial charge >= 0.3 is 0 Å². The van der Waals surface area contributed by atoms with E-state index in [9.17, 15) is 16.8 Å². The average molecular weight is 421 g/mol. The molecular weight excluding hydrogens is 396 g/mol. The van der Waals surface area contributed by atoms with Gasteiger partial charge in [0.1, 0.15) is 0 Å². The first-order chi connectivity index (χ1) is 13.2. The van der Waals surface area contributed by atoms with Crippen LogP contribution < -0.4 is 8.61 Å². The molecule has 6 nitrogen and oxygen atoms in total. The number of para-hydroxylation sites is 1. The van der Waals surface area contributed by atoms with Gasteiger partial charge in [-0.25, -0.2) is 16.8 Å². The zero-order valence-corrected chi connectivity index (χ0v) is 17.7. The molecule has 8 heteroatoms. The number of nitrogens with zero attached hydrogens (tertiary/aromatic N) is 2. The fourth-order valence-corrected chi connectivity index (χ4v) is 7.55. The van der Waals surface area contributed by atoms with Crippen LogP contribution in [0.15, 0.2) is 41.3 Å². The summed E-state index contributed by atoms with van der Waals surface area (Å²) in [5, 5.41) is 0. The van der Waals surface area contributed by atoms with Crippen LogP contribution in [0.2, 0.25) is 0 Å². The van der Waals surface area contributed by atoms with E-state index in [1.54, 1.807) is 26.0 Å². The van der Waals surface area contributed by atoms with Crippen molar-refractivity contribution in [3.05, 3.63) is 53.1 Å². The molecule has 2 aliphatic rings. The Morgan fingerprint density at radius 2 is 1.68 bits per heavy atom. The highest BCUT2D eigenvalue weighted by molar-refractivity contribution is 7.93. The molecule has 0 saturated carbocycles. The molecule has 1 saturated heterocycles. The molecule has 1 fully saturated rings. The first-order valence-electron chi connectivity index (χ1n) is 9.44. The Balaban J connectivity index is 1.77. The minimum atomic E-state index is -3.72. The molecule has 2 aromatic rings. The number of sulfonamides is 2. The molecule has 0 aliphatic carbocycles.